The Kier molecular flexibility index (Phi) is 5.07. The van der Waals surface area contributed by atoms with E-state index < -0.39 is 10.0 Å². The minimum absolute atomic E-state index is 0.277. The number of piperidine rings is 1. The average molecular weight is 490 g/mol. The number of halogens is 1. The van der Waals surface area contributed by atoms with Crippen LogP contribution < -0.4 is 4.90 Å². The fourth-order valence-electron chi connectivity index (χ4n) is 4.23. The molecule has 0 spiro atoms. The molecular weight excluding hydrogens is 466 g/mol. The number of rotatable bonds is 4. The monoisotopic (exact) mass is 489 g/mol. The van der Waals surface area contributed by atoms with Gasteiger partial charge in [0.2, 0.25) is 10.0 Å². The lowest BCUT2D eigenvalue weighted by Gasteiger charge is -2.33. The van der Waals surface area contributed by atoms with E-state index in [1.54, 1.807) is 28.6 Å². The van der Waals surface area contributed by atoms with Crippen molar-refractivity contribution >= 4 is 37.4 Å². The SMILES string of the molecule is Cc1cc(N2CCC2)nc2cc(C3CCCCN3S(=O)(=O)c3ccc(Br)cc3)nn12. The van der Waals surface area contributed by atoms with Crippen LogP contribution >= 0.6 is 15.9 Å². The fourth-order valence-corrected chi connectivity index (χ4v) is 6.16. The normalized spacial score (nSPS) is 20.5. The second-order valence-electron chi connectivity index (χ2n) is 8.02. The van der Waals surface area contributed by atoms with E-state index in [1.807, 2.05) is 17.5 Å². The summed E-state index contributed by atoms with van der Waals surface area (Å²) < 4.78 is 31.1. The zero-order valence-electron chi connectivity index (χ0n) is 16.8. The topological polar surface area (TPSA) is 70.8 Å². The largest absolute Gasteiger partial charge is 0.356 e. The zero-order valence-corrected chi connectivity index (χ0v) is 19.2. The van der Waals surface area contributed by atoms with Gasteiger partial charge < -0.3 is 4.90 Å². The lowest BCUT2D eigenvalue weighted by Crippen LogP contribution is -2.38. The summed E-state index contributed by atoms with van der Waals surface area (Å²) in [5.41, 5.74) is 2.55. The van der Waals surface area contributed by atoms with Gasteiger partial charge in [0.1, 0.15) is 5.82 Å². The van der Waals surface area contributed by atoms with Crippen LogP contribution in [0.3, 0.4) is 0 Å². The molecule has 9 heteroatoms. The number of sulfonamides is 1. The Morgan fingerprint density at radius 2 is 1.80 bits per heavy atom. The molecule has 4 heterocycles. The van der Waals surface area contributed by atoms with Crippen LogP contribution in [-0.4, -0.2) is 47.0 Å². The molecule has 0 amide bonds. The van der Waals surface area contributed by atoms with Crippen molar-refractivity contribution in [3.8, 4) is 0 Å². The van der Waals surface area contributed by atoms with Gasteiger partial charge in [-0.1, -0.05) is 22.4 Å². The van der Waals surface area contributed by atoms with Gasteiger partial charge >= 0.3 is 0 Å². The zero-order chi connectivity index (χ0) is 20.9. The van der Waals surface area contributed by atoms with Crippen LogP contribution in [0.2, 0.25) is 0 Å². The molecule has 2 fully saturated rings. The molecule has 0 radical (unpaired) electrons. The molecule has 1 aromatic carbocycles. The number of benzene rings is 1. The maximum absolute atomic E-state index is 13.4. The van der Waals surface area contributed by atoms with Crippen LogP contribution in [0.15, 0.2) is 45.8 Å². The Hall–Kier alpha value is -1.97. The summed E-state index contributed by atoms with van der Waals surface area (Å²) in [6.45, 7) is 4.59. The molecule has 2 saturated heterocycles. The Bertz CT molecular complexity index is 1190. The minimum Gasteiger partial charge on any atom is -0.356 e. The highest BCUT2D eigenvalue weighted by Gasteiger charge is 2.36. The molecule has 158 valence electrons. The summed E-state index contributed by atoms with van der Waals surface area (Å²) in [5, 5.41) is 4.77. The van der Waals surface area contributed by atoms with Crippen molar-refractivity contribution in [3.05, 3.63) is 52.3 Å². The number of aryl methyl sites for hydroxylation is 1. The molecule has 1 atom stereocenters. The van der Waals surface area contributed by atoms with E-state index in [9.17, 15) is 8.42 Å². The van der Waals surface area contributed by atoms with E-state index in [1.165, 1.54) is 6.42 Å². The molecule has 3 aromatic rings. The third kappa shape index (κ3) is 3.42. The highest BCUT2D eigenvalue weighted by Crippen LogP contribution is 2.36. The first-order chi connectivity index (χ1) is 14.4. The Labute approximate surface area is 184 Å². The van der Waals surface area contributed by atoms with Crippen molar-refractivity contribution in [2.45, 2.75) is 43.5 Å². The Morgan fingerprint density at radius 1 is 1.03 bits per heavy atom. The molecule has 2 aliphatic heterocycles. The Balaban J connectivity index is 1.53. The third-order valence-electron chi connectivity index (χ3n) is 6.01. The van der Waals surface area contributed by atoms with Crippen LogP contribution in [0.1, 0.15) is 43.1 Å². The van der Waals surface area contributed by atoms with E-state index in [-0.39, 0.29) is 6.04 Å². The molecule has 0 saturated carbocycles. The van der Waals surface area contributed by atoms with E-state index in [4.69, 9.17) is 10.1 Å². The van der Waals surface area contributed by atoms with Gasteiger partial charge in [0.25, 0.3) is 0 Å². The number of anilines is 1. The first-order valence-electron chi connectivity index (χ1n) is 10.3. The predicted molar refractivity (Wildman–Crippen MR) is 119 cm³/mol. The van der Waals surface area contributed by atoms with E-state index in [0.717, 1.165) is 59.7 Å². The van der Waals surface area contributed by atoms with Gasteiger partial charge in [-0.2, -0.15) is 9.40 Å². The number of hydrogen-bond donors (Lipinski definition) is 0. The molecule has 1 unspecified atom stereocenters. The second-order valence-corrected chi connectivity index (χ2v) is 10.8. The van der Waals surface area contributed by atoms with Gasteiger partial charge in [-0.15, -0.1) is 0 Å². The summed E-state index contributed by atoms with van der Waals surface area (Å²) >= 11 is 3.38. The molecule has 0 N–H and O–H groups in total. The van der Waals surface area contributed by atoms with Gasteiger partial charge in [0, 0.05) is 41.9 Å². The first kappa shape index (κ1) is 20.0. The van der Waals surface area contributed by atoms with Crippen molar-refractivity contribution < 1.29 is 8.42 Å². The van der Waals surface area contributed by atoms with Crippen LogP contribution in [0, 0.1) is 6.92 Å². The summed E-state index contributed by atoms with van der Waals surface area (Å²) in [6.07, 6.45) is 3.80. The molecule has 7 nitrogen and oxygen atoms in total. The smallest absolute Gasteiger partial charge is 0.243 e. The minimum atomic E-state index is -3.61. The Morgan fingerprint density at radius 3 is 2.50 bits per heavy atom. The number of hydrogen-bond acceptors (Lipinski definition) is 5. The first-order valence-corrected chi connectivity index (χ1v) is 12.6. The van der Waals surface area contributed by atoms with Gasteiger partial charge in [0.05, 0.1) is 16.6 Å². The summed E-state index contributed by atoms with van der Waals surface area (Å²) in [7, 11) is -3.61. The van der Waals surface area contributed by atoms with Gasteiger partial charge in [-0.25, -0.2) is 17.9 Å². The van der Waals surface area contributed by atoms with E-state index in [0.29, 0.717) is 11.4 Å². The van der Waals surface area contributed by atoms with Crippen LogP contribution in [0.25, 0.3) is 5.65 Å². The maximum atomic E-state index is 13.4. The molecule has 0 bridgehead atoms. The maximum Gasteiger partial charge on any atom is 0.243 e. The lowest BCUT2D eigenvalue weighted by molar-refractivity contribution is 0.251. The quantitative estimate of drug-likeness (QED) is 0.555. The molecule has 0 aliphatic carbocycles. The number of nitrogens with zero attached hydrogens (tertiary/aromatic N) is 5. The lowest BCUT2D eigenvalue weighted by atomic mass is 10.0. The fraction of sp³-hybridized carbons (Fsp3) is 0.429. The van der Waals surface area contributed by atoms with Crippen LogP contribution in [0.4, 0.5) is 5.82 Å². The molecule has 30 heavy (non-hydrogen) atoms. The van der Waals surface area contributed by atoms with Gasteiger partial charge in [-0.3, -0.25) is 0 Å². The number of fused-ring (bicyclic) bond motifs is 1. The van der Waals surface area contributed by atoms with E-state index in [2.05, 4.69) is 26.9 Å². The average Bonchev–Trinajstić information content (AvgIpc) is 3.12. The highest BCUT2D eigenvalue weighted by atomic mass is 79.9. The standard InChI is InChI=1S/C21H24BrN5O2S/c1-15-13-20(25-10-4-11-25)23-21-14-18(24-27(15)21)19-5-2-3-12-26(19)30(28,29)17-8-6-16(22)7-9-17/h6-9,13-14,19H,2-5,10-12H2,1H3. The van der Waals surface area contributed by atoms with Crippen LogP contribution in [0.5, 0.6) is 0 Å². The number of aromatic nitrogens is 3. The van der Waals surface area contributed by atoms with Gasteiger partial charge in [0.15, 0.2) is 5.65 Å². The van der Waals surface area contributed by atoms with Crippen molar-refractivity contribution in [2.24, 2.45) is 0 Å². The molecule has 5 rings (SSSR count). The highest BCUT2D eigenvalue weighted by molar-refractivity contribution is 9.10. The predicted octanol–water partition coefficient (Wildman–Crippen LogP) is 3.93. The molecule has 2 aromatic heterocycles. The molecule has 2 aliphatic rings. The van der Waals surface area contributed by atoms with Crippen molar-refractivity contribution in [3.63, 3.8) is 0 Å². The van der Waals surface area contributed by atoms with Crippen molar-refractivity contribution in [1.82, 2.24) is 18.9 Å². The van der Waals surface area contributed by atoms with Crippen molar-refractivity contribution in [2.75, 3.05) is 24.5 Å². The summed E-state index contributed by atoms with van der Waals surface area (Å²) in [4.78, 5) is 7.35. The van der Waals surface area contributed by atoms with Crippen molar-refractivity contribution in [1.29, 1.82) is 0 Å². The molecular formula is C21H24BrN5O2S. The van der Waals surface area contributed by atoms with E-state index >= 15 is 0 Å². The summed E-state index contributed by atoms with van der Waals surface area (Å²) in [6, 6.07) is 10.6. The van der Waals surface area contributed by atoms with Crippen LogP contribution in [-0.2, 0) is 10.0 Å². The third-order valence-corrected chi connectivity index (χ3v) is 8.46. The second kappa shape index (κ2) is 7.62. The van der Waals surface area contributed by atoms with Gasteiger partial charge in [-0.05, 0) is 50.5 Å². The summed E-state index contributed by atoms with van der Waals surface area (Å²) in [5.74, 6) is 0.973.